The van der Waals surface area contributed by atoms with Crippen molar-refractivity contribution in [1.29, 1.82) is 0 Å². The molecular weight excluding hydrogens is 308 g/mol. The van der Waals surface area contributed by atoms with Gasteiger partial charge in [0.2, 0.25) is 5.91 Å². The van der Waals surface area contributed by atoms with Gasteiger partial charge in [-0.15, -0.1) is 0 Å². The number of nitrogens with zero attached hydrogens (tertiary/aromatic N) is 3. The van der Waals surface area contributed by atoms with Gasteiger partial charge in [0, 0.05) is 56.6 Å². The number of hydrogen-bond donors (Lipinski definition) is 1. The first-order valence-electron chi connectivity index (χ1n) is 7.84. The zero-order chi connectivity index (χ0) is 17.7. The predicted octanol–water partition coefficient (Wildman–Crippen LogP) is 0.720. The molecular formula is C17H22N4O3. The van der Waals surface area contributed by atoms with Crippen LogP contribution in [0.3, 0.4) is 0 Å². The minimum Gasteiger partial charge on any atom is -0.343 e. The molecule has 0 aliphatic rings. The van der Waals surface area contributed by atoms with Gasteiger partial charge in [-0.2, -0.15) is 0 Å². The van der Waals surface area contributed by atoms with E-state index in [-0.39, 0.29) is 24.9 Å². The third-order valence-electron chi connectivity index (χ3n) is 4.12. The SMILES string of the molecule is Cc1cccnc1C[C@H](C)N(C)C(=O)CCn1ccc(=O)[nH]c1=O. The third kappa shape index (κ3) is 4.41. The number of hydrogen-bond acceptors (Lipinski definition) is 4. The average Bonchev–Trinajstić information content (AvgIpc) is 2.55. The van der Waals surface area contributed by atoms with Gasteiger partial charge in [-0.1, -0.05) is 6.07 Å². The molecule has 0 saturated carbocycles. The number of H-pyrrole nitrogens is 1. The highest BCUT2D eigenvalue weighted by molar-refractivity contribution is 5.76. The zero-order valence-electron chi connectivity index (χ0n) is 14.2. The second-order valence-corrected chi connectivity index (χ2v) is 5.88. The first kappa shape index (κ1) is 17.7. The maximum Gasteiger partial charge on any atom is 0.328 e. The average molecular weight is 330 g/mol. The highest BCUT2D eigenvalue weighted by Gasteiger charge is 2.17. The molecule has 2 aromatic rings. The number of carbonyl (C=O) groups is 1. The minimum absolute atomic E-state index is 0.00148. The van der Waals surface area contributed by atoms with Crippen LogP contribution in [0.1, 0.15) is 24.6 Å². The van der Waals surface area contributed by atoms with Crippen LogP contribution in [0.15, 0.2) is 40.2 Å². The van der Waals surface area contributed by atoms with Gasteiger partial charge in [-0.05, 0) is 25.5 Å². The Hall–Kier alpha value is -2.70. The summed E-state index contributed by atoms with van der Waals surface area (Å²) < 4.78 is 1.32. The number of nitrogens with one attached hydrogen (secondary N) is 1. The summed E-state index contributed by atoms with van der Waals surface area (Å²) in [6.45, 7) is 4.20. The quantitative estimate of drug-likeness (QED) is 0.845. The lowest BCUT2D eigenvalue weighted by molar-refractivity contribution is -0.131. The fourth-order valence-electron chi connectivity index (χ4n) is 2.41. The Bertz CT molecular complexity index is 825. The summed E-state index contributed by atoms with van der Waals surface area (Å²) in [4.78, 5) is 43.2. The van der Waals surface area contributed by atoms with E-state index in [1.807, 2.05) is 26.0 Å². The van der Waals surface area contributed by atoms with Crippen LogP contribution in [0.4, 0.5) is 0 Å². The number of aromatic amines is 1. The van der Waals surface area contributed by atoms with Crippen LogP contribution < -0.4 is 11.2 Å². The van der Waals surface area contributed by atoms with Crippen molar-refractivity contribution in [1.82, 2.24) is 19.4 Å². The molecule has 0 aliphatic carbocycles. The summed E-state index contributed by atoms with van der Waals surface area (Å²) in [5, 5.41) is 0. The molecule has 1 N–H and O–H groups in total. The smallest absolute Gasteiger partial charge is 0.328 e. The lowest BCUT2D eigenvalue weighted by Gasteiger charge is -2.25. The molecule has 0 bridgehead atoms. The van der Waals surface area contributed by atoms with Crippen molar-refractivity contribution in [2.45, 2.75) is 39.3 Å². The Morgan fingerprint density at radius 3 is 2.79 bits per heavy atom. The topological polar surface area (TPSA) is 88.1 Å². The molecule has 24 heavy (non-hydrogen) atoms. The van der Waals surface area contributed by atoms with Crippen LogP contribution in [-0.2, 0) is 17.8 Å². The van der Waals surface area contributed by atoms with Gasteiger partial charge in [-0.3, -0.25) is 19.6 Å². The van der Waals surface area contributed by atoms with Crippen LogP contribution in [0.25, 0.3) is 0 Å². The highest BCUT2D eigenvalue weighted by atomic mass is 16.2. The van der Waals surface area contributed by atoms with E-state index in [1.54, 1.807) is 18.1 Å². The van der Waals surface area contributed by atoms with Crippen LogP contribution >= 0.6 is 0 Å². The van der Waals surface area contributed by atoms with E-state index in [2.05, 4.69) is 9.97 Å². The summed E-state index contributed by atoms with van der Waals surface area (Å²) in [6.07, 6.45) is 4.01. The minimum atomic E-state index is -0.505. The molecule has 7 nitrogen and oxygen atoms in total. The van der Waals surface area contributed by atoms with Crippen molar-refractivity contribution in [3.8, 4) is 0 Å². The molecule has 128 valence electrons. The standard InChI is InChI=1S/C17H22N4O3/c1-12-5-4-8-18-14(12)11-13(2)20(3)16(23)7-10-21-9-6-15(22)19-17(21)24/h4-6,8-9,13H,7,10-11H2,1-3H3,(H,19,22,24)/t13-/m0/s1. The van der Waals surface area contributed by atoms with Gasteiger partial charge >= 0.3 is 5.69 Å². The van der Waals surface area contributed by atoms with E-state index in [0.29, 0.717) is 6.42 Å². The van der Waals surface area contributed by atoms with Crippen molar-refractivity contribution in [2.24, 2.45) is 0 Å². The molecule has 0 aromatic carbocycles. The molecule has 0 unspecified atom stereocenters. The van der Waals surface area contributed by atoms with Gasteiger partial charge in [-0.25, -0.2) is 4.79 Å². The van der Waals surface area contributed by atoms with Crippen molar-refractivity contribution < 1.29 is 4.79 Å². The fourth-order valence-corrected chi connectivity index (χ4v) is 2.41. The van der Waals surface area contributed by atoms with E-state index in [0.717, 1.165) is 11.3 Å². The molecule has 2 heterocycles. The fraction of sp³-hybridized carbons (Fsp3) is 0.412. The molecule has 0 aliphatic heterocycles. The molecule has 2 rings (SSSR count). The lowest BCUT2D eigenvalue weighted by atomic mass is 10.1. The number of aryl methyl sites for hydroxylation is 2. The predicted molar refractivity (Wildman–Crippen MR) is 90.8 cm³/mol. The Labute approximate surface area is 140 Å². The van der Waals surface area contributed by atoms with Crippen LogP contribution in [0, 0.1) is 6.92 Å². The van der Waals surface area contributed by atoms with Gasteiger partial charge < -0.3 is 9.47 Å². The molecule has 7 heteroatoms. The molecule has 1 amide bonds. The number of likely N-dealkylation sites (N-methyl/N-ethyl adjacent to an activating group) is 1. The van der Waals surface area contributed by atoms with Gasteiger partial charge in [0.05, 0.1) is 0 Å². The van der Waals surface area contributed by atoms with Crippen LogP contribution in [0.5, 0.6) is 0 Å². The van der Waals surface area contributed by atoms with Crippen molar-refractivity contribution in [3.05, 3.63) is 62.7 Å². The second kappa shape index (κ2) is 7.72. The normalized spacial score (nSPS) is 12.0. The largest absolute Gasteiger partial charge is 0.343 e. The Balaban J connectivity index is 1.95. The number of amides is 1. The van der Waals surface area contributed by atoms with Crippen LogP contribution in [-0.4, -0.2) is 38.4 Å². The highest BCUT2D eigenvalue weighted by Crippen LogP contribution is 2.10. The third-order valence-corrected chi connectivity index (χ3v) is 4.12. The molecule has 0 fully saturated rings. The second-order valence-electron chi connectivity index (χ2n) is 5.88. The maximum absolute atomic E-state index is 12.3. The molecule has 0 saturated heterocycles. The van der Waals surface area contributed by atoms with E-state index >= 15 is 0 Å². The molecule has 0 radical (unpaired) electrons. The molecule has 1 atom stereocenters. The Kier molecular flexibility index (Phi) is 5.68. The maximum atomic E-state index is 12.3. The molecule has 2 aromatic heterocycles. The summed E-state index contributed by atoms with van der Waals surface area (Å²) >= 11 is 0. The number of aromatic nitrogens is 3. The van der Waals surface area contributed by atoms with E-state index < -0.39 is 11.2 Å². The monoisotopic (exact) mass is 330 g/mol. The zero-order valence-corrected chi connectivity index (χ0v) is 14.2. The summed E-state index contributed by atoms with van der Waals surface area (Å²) in [6, 6.07) is 5.15. The summed E-state index contributed by atoms with van der Waals surface area (Å²) in [5.74, 6) is -0.0609. The molecule has 0 spiro atoms. The summed E-state index contributed by atoms with van der Waals surface area (Å²) in [5.41, 5.74) is 1.13. The first-order valence-corrected chi connectivity index (χ1v) is 7.84. The van der Waals surface area contributed by atoms with E-state index in [1.165, 1.54) is 16.8 Å². The van der Waals surface area contributed by atoms with Gasteiger partial charge in [0.1, 0.15) is 0 Å². The van der Waals surface area contributed by atoms with Crippen LogP contribution in [0.2, 0.25) is 0 Å². The van der Waals surface area contributed by atoms with Gasteiger partial charge in [0.25, 0.3) is 5.56 Å². The lowest BCUT2D eigenvalue weighted by Crippen LogP contribution is -2.38. The van der Waals surface area contributed by atoms with E-state index in [4.69, 9.17) is 0 Å². The number of pyridine rings is 1. The first-order chi connectivity index (χ1) is 11.4. The Morgan fingerprint density at radius 2 is 2.12 bits per heavy atom. The van der Waals surface area contributed by atoms with Crippen molar-refractivity contribution >= 4 is 5.91 Å². The van der Waals surface area contributed by atoms with E-state index in [9.17, 15) is 14.4 Å². The number of carbonyl (C=O) groups excluding carboxylic acids is 1. The number of rotatable bonds is 6. The van der Waals surface area contributed by atoms with Gasteiger partial charge in [0.15, 0.2) is 0 Å². The Morgan fingerprint density at radius 1 is 1.38 bits per heavy atom. The van der Waals surface area contributed by atoms with Crippen molar-refractivity contribution in [3.63, 3.8) is 0 Å². The summed E-state index contributed by atoms with van der Waals surface area (Å²) in [7, 11) is 1.75. The van der Waals surface area contributed by atoms with Crippen molar-refractivity contribution in [2.75, 3.05) is 7.05 Å².